The van der Waals surface area contributed by atoms with Gasteiger partial charge in [0.1, 0.15) is 23.2 Å². The number of rotatable bonds is 6. The topological polar surface area (TPSA) is 127 Å². The van der Waals surface area contributed by atoms with Crippen molar-refractivity contribution in [1.82, 2.24) is 29.9 Å². The number of carbonyl (C=O) groups excluding carboxylic acids is 2. The van der Waals surface area contributed by atoms with Crippen LogP contribution in [0.15, 0.2) is 36.8 Å². The smallest absolute Gasteiger partial charge is 0.270 e. The van der Waals surface area contributed by atoms with Crippen molar-refractivity contribution in [2.75, 3.05) is 5.32 Å². The molecule has 10 heteroatoms. The van der Waals surface area contributed by atoms with Crippen molar-refractivity contribution in [2.24, 2.45) is 20.0 Å². The fraction of sp³-hybridized carbons (Fsp3) is 0.435. The van der Waals surface area contributed by atoms with Gasteiger partial charge in [0.2, 0.25) is 5.91 Å². The Hall–Kier alpha value is -3.69. The first-order chi connectivity index (χ1) is 15.9. The molecule has 3 N–H and O–H groups in total. The first kappa shape index (κ1) is 22.5. The predicted molar refractivity (Wildman–Crippen MR) is 122 cm³/mol. The van der Waals surface area contributed by atoms with Gasteiger partial charge in [0.25, 0.3) is 5.91 Å². The number of nitrogens with one attached hydrogen (secondary N) is 2. The van der Waals surface area contributed by atoms with Crippen LogP contribution >= 0.6 is 0 Å². The minimum atomic E-state index is -0.673. The maximum absolute atomic E-state index is 13.3. The number of hydrogen-bond donors (Lipinski definition) is 3. The van der Waals surface area contributed by atoms with E-state index in [-0.39, 0.29) is 23.5 Å². The van der Waals surface area contributed by atoms with Gasteiger partial charge >= 0.3 is 0 Å². The van der Waals surface area contributed by atoms with Gasteiger partial charge in [0.15, 0.2) is 5.75 Å². The molecule has 0 spiro atoms. The molecule has 3 aromatic heterocycles. The quantitative estimate of drug-likeness (QED) is 0.495. The average molecular weight is 452 g/mol. The lowest BCUT2D eigenvalue weighted by molar-refractivity contribution is -0.119. The molecule has 1 atom stereocenters. The number of amides is 2. The Morgan fingerprint density at radius 2 is 1.79 bits per heavy atom. The van der Waals surface area contributed by atoms with Crippen LogP contribution < -0.4 is 10.6 Å². The molecular formula is C23H29N7O3. The van der Waals surface area contributed by atoms with Crippen molar-refractivity contribution < 1.29 is 14.7 Å². The SMILES string of the molecule is Cn1nccc1C(=O)N[C@H](C(=O)Nc1ccc(-c2c(O)cnn2C)cn1)C1CCCCCC1. The first-order valence-electron chi connectivity index (χ1n) is 11.2. The molecule has 0 aromatic carbocycles. The molecule has 10 nitrogen and oxygen atoms in total. The lowest BCUT2D eigenvalue weighted by Gasteiger charge is -2.26. The Bertz CT molecular complexity index is 1090. The van der Waals surface area contributed by atoms with Crippen molar-refractivity contribution in [1.29, 1.82) is 0 Å². The fourth-order valence-corrected chi connectivity index (χ4v) is 4.43. The van der Waals surface area contributed by atoms with E-state index in [1.165, 1.54) is 10.9 Å². The first-order valence-corrected chi connectivity index (χ1v) is 11.2. The molecule has 2 amide bonds. The summed E-state index contributed by atoms with van der Waals surface area (Å²) in [4.78, 5) is 30.5. The predicted octanol–water partition coefficient (Wildman–Crippen LogP) is 2.63. The maximum atomic E-state index is 13.3. The highest BCUT2D eigenvalue weighted by Gasteiger charge is 2.31. The van der Waals surface area contributed by atoms with E-state index in [0.29, 0.717) is 22.8 Å². The summed E-state index contributed by atoms with van der Waals surface area (Å²) >= 11 is 0. The Kier molecular flexibility index (Phi) is 6.71. The molecule has 0 bridgehead atoms. The van der Waals surface area contributed by atoms with E-state index in [1.54, 1.807) is 49.4 Å². The Labute approximate surface area is 192 Å². The highest BCUT2D eigenvalue weighted by molar-refractivity contribution is 6.00. The van der Waals surface area contributed by atoms with Crippen LogP contribution in [0.25, 0.3) is 11.3 Å². The third kappa shape index (κ3) is 5.05. The van der Waals surface area contributed by atoms with E-state index in [0.717, 1.165) is 38.5 Å². The van der Waals surface area contributed by atoms with E-state index in [4.69, 9.17) is 0 Å². The summed E-state index contributed by atoms with van der Waals surface area (Å²) in [7, 11) is 3.42. The molecule has 0 aliphatic heterocycles. The third-order valence-corrected chi connectivity index (χ3v) is 6.20. The summed E-state index contributed by atoms with van der Waals surface area (Å²) in [5, 5.41) is 23.9. The van der Waals surface area contributed by atoms with Crippen molar-refractivity contribution >= 4 is 17.6 Å². The van der Waals surface area contributed by atoms with Crippen LogP contribution in [0.2, 0.25) is 0 Å². The summed E-state index contributed by atoms with van der Waals surface area (Å²) in [6, 6.07) is 4.39. The van der Waals surface area contributed by atoms with Gasteiger partial charge in [0.05, 0.1) is 6.20 Å². The number of carbonyl (C=O) groups is 2. The van der Waals surface area contributed by atoms with E-state index in [2.05, 4.69) is 25.8 Å². The van der Waals surface area contributed by atoms with E-state index < -0.39 is 6.04 Å². The molecule has 0 radical (unpaired) electrons. The van der Waals surface area contributed by atoms with Crippen molar-refractivity contribution in [2.45, 2.75) is 44.6 Å². The summed E-state index contributed by atoms with van der Waals surface area (Å²) < 4.78 is 3.05. The second-order valence-electron chi connectivity index (χ2n) is 8.47. The van der Waals surface area contributed by atoms with E-state index in [9.17, 15) is 14.7 Å². The molecule has 1 fully saturated rings. The van der Waals surface area contributed by atoms with Crippen molar-refractivity contribution in [3.05, 3.63) is 42.5 Å². The molecule has 1 aliphatic rings. The molecule has 3 heterocycles. The third-order valence-electron chi connectivity index (χ3n) is 6.20. The zero-order valence-electron chi connectivity index (χ0n) is 18.9. The van der Waals surface area contributed by atoms with Crippen LogP contribution in [-0.2, 0) is 18.9 Å². The summed E-state index contributed by atoms with van der Waals surface area (Å²) in [5.41, 5.74) is 1.62. The van der Waals surface area contributed by atoms with E-state index >= 15 is 0 Å². The van der Waals surface area contributed by atoms with Gasteiger partial charge in [-0.25, -0.2) is 4.98 Å². The Morgan fingerprint density at radius 1 is 1.03 bits per heavy atom. The molecular weight excluding hydrogens is 422 g/mol. The minimum Gasteiger partial charge on any atom is -0.504 e. The highest BCUT2D eigenvalue weighted by atomic mass is 16.3. The maximum Gasteiger partial charge on any atom is 0.270 e. The van der Waals surface area contributed by atoms with Gasteiger partial charge in [-0.2, -0.15) is 10.2 Å². The monoisotopic (exact) mass is 451 g/mol. The minimum absolute atomic E-state index is 0.0512. The zero-order valence-corrected chi connectivity index (χ0v) is 18.9. The molecule has 0 unspecified atom stereocenters. The zero-order chi connectivity index (χ0) is 23.4. The molecule has 0 saturated heterocycles. The van der Waals surface area contributed by atoms with Crippen LogP contribution in [0.3, 0.4) is 0 Å². The van der Waals surface area contributed by atoms with Gasteiger partial charge in [-0.3, -0.25) is 19.0 Å². The second kappa shape index (κ2) is 9.85. The van der Waals surface area contributed by atoms with Crippen LogP contribution in [-0.4, -0.2) is 47.5 Å². The molecule has 1 saturated carbocycles. The lowest BCUT2D eigenvalue weighted by Crippen LogP contribution is -2.49. The van der Waals surface area contributed by atoms with Gasteiger partial charge in [-0.15, -0.1) is 0 Å². The van der Waals surface area contributed by atoms with Gasteiger partial charge in [0, 0.05) is 32.1 Å². The number of pyridine rings is 1. The van der Waals surface area contributed by atoms with Gasteiger partial charge in [-0.1, -0.05) is 25.7 Å². The number of hydrogen-bond acceptors (Lipinski definition) is 6. The van der Waals surface area contributed by atoms with E-state index in [1.807, 2.05) is 0 Å². The van der Waals surface area contributed by atoms with Gasteiger partial charge < -0.3 is 15.7 Å². The number of aromatic nitrogens is 5. The Morgan fingerprint density at radius 3 is 2.36 bits per heavy atom. The van der Waals surface area contributed by atoms with Crippen molar-refractivity contribution in [3.8, 4) is 17.0 Å². The number of anilines is 1. The number of aromatic hydroxyl groups is 1. The summed E-state index contributed by atoms with van der Waals surface area (Å²) in [6.45, 7) is 0. The summed E-state index contributed by atoms with van der Waals surface area (Å²) in [5.74, 6) is -0.132. The summed E-state index contributed by atoms with van der Waals surface area (Å²) in [6.07, 6.45) is 10.6. The molecule has 3 aromatic rings. The molecule has 4 rings (SSSR count). The second-order valence-corrected chi connectivity index (χ2v) is 8.47. The fourth-order valence-electron chi connectivity index (χ4n) is 4.43. The van der Waals surface area contributed by atoms with Crippen LogP contribution in [0.1, 0.15) is 49.0 Å². The Balaban J connectivity index is 1.52. The molecule has 174 valence electrons. The molecule has 1 aliphatic carbocycles. The van der Waals surface area contributed by atoms with Crippen LogP contribution in [0.4, 0.5) is 5.82 Å². The average Bonchev–Trinajstić information content (AvgIpc) is 3.26. The van der Waals surface area contributed by atoms with Gasteiger partial charge in [-0.05, 0) is 37.0 Å². The normalized spacial score (nSPS) is 15.6. The van der Waals surface area contributed by atoms with Crippen LogP contribution in [0, 0.1) is 5.92 Å². The lowest BCUT2D eigenvalue weighted by atomic mass is 9.91. The highest BCUT2D eigenvalue weighted by Crippen LogP contribution is 2.29. The van der Waals surface area contributed by atoms with Crippen molar-refractivity contribution in [3.63, 3.8) is 0 Å². The number of aryl methyl sites for hydroxylation is 2. The molecule has 33 heavy (non-hydrogen) atoms. The van der Waals surface area contributed by atoms with Crippen LogP contribution in [0.5, 0.6) is 5.75 Å². The number of nitrogens with zero attached hydrogens (tertiary/aromatic N) is 5. The largest absolute Gasteiger partial charge is 0.504 e. The standard InChI is InChI=1S/C23H29N7O3/c1-29-17(11-12-25-29)22(32)28-20(15-7-5-3-4-6-8-15)23(33)27-19-10-9-16(13-24-19)21-18(31)14-26-30(21)2/h9-15,20,31H,3-8H2,1-2H3,(H,28,32)(H,24,27,33)/t20-/m0/s1.